The number of hydrogen-bond donors (Lipinski definition) is 2. The van der Waals surface area contributed by atoms with Crippen molar-refractivity contribution in [3.8, 4) is 5.69 Å². The zero-order chi connectivity index (χ0) is 29.9. The van der Waals surface area contributed by atoms with E-state index in [-0.39, 0.29) is 17.4 Å². The van der Waals surface area contributed by atoms with Crippen molar-refractivity contribution in [2.45, 2.75) is 46.6 Å². The Morgan fingerprint density at radius 1 is 0.833 bits per heavy atom. The van der Waals surface area contributed by atoms with Crippen LogP contribution in [0.5, 0.6) is 0 Å². The molecule has 1 saturated heterocycles. The van der Waals surface area contributed by atoms with Crippen LogP contribution in [0.25, 0.3) is 5.69 Å². The molecule has 1 aromatic heterocycles. The first-order valence-corrected chi connectivity index (χ1v) is 14.5. The molecule has 3 amide bonds. The van der Waals surface area contributed by atoms with Crippen molar-refractivity contribution in [3.63, 3.8) is 0 Å². The van der Waals surface area contributed by atoms with E-state index in [1.165, 1.54) is 0 Å². The first-order chi connectivity index (χ1) is 20.1. The van der Waals surface area contributed by atoms with Crippen LogP contribution in [0.15, 0.2) is 78.9 Å². The summed E-state index contributed by atoms with van der Waals surface area (Å²) in [7, 11) is 0. The van der Waals surface area contributed by atoms with E-state index < -0.39 is 0 Å². The number of nitrogens with one attached hydrogen (secondary N) is 2. The number of carbonyl (C=O) groups excluding carboxylic acids is 2. The van der Waals surface area contributed by atoms with E-state index in [1.54, 1.807) is 4.68 Å². The van der Waals surface area contributed by atoms with Gasteiger partial charge in [-0.15, -0.1) is 0 Å². The fourth-order valence-corrected chi connectivity index (χ4v) is 5.04. The number of amides is 3. The van der Waals surface area contributed by atoms with Crippen LogP contribution in [0.2, 0.25) is 0 Å². The van der Waals surface area contributed by atoms with Crippen LogP contribution in [0.1, 0.15) is 53.5 Å². The molecule has 1 aliphatic rings. The maximum Gasteiger partial charge on any atom is 0.324 e. The van der Waals surface area contributed by atoms with Crippen molar-refractivity contribution in [2.75, 3.05) is 36.8 Å². The van der Waals surface area contributed by atoms with Gasteiger partial charge in [0.15, 0.2) is 0 Å². The third-order valence-electron chi connectivity index (χ3n) is 7.65. The van der Waals surface area contributed by atoms with E-state index in [9.17, 15) is 9.59 Å². The summed E-state index contributed by atoms with van der Waals surface area (Å²) in [6.07, 6.45) is 0. The summed E-state index contributed by atoms with van der Waals surface area (Å²) in [6.45, 7) is 14.2. The molecule has 5 rings (SSSR count). The third-order valence-corrected chi connectivity index (χ3v) is 7.65. The van der Waals surface area contributed by atoms with Crippen molar-refractivity contribution >= 4 is 23.4 Å². The van der Waals surface area contributed by atoms with Gasteiger partial charge < -0.3 is 10.2 Å². The summed E-state index contributed by atoms with van der Waals surface area (Å²) in [5.74, 6) is 0.718. The van der Waals surface area contributed by atoms with E-state index in [0.717, 1.165) is 53.3 Å². The van der Waals surface area contributed by atoms with Crippen LogP contribution < -0.4 is 10.6 Å². The average Bonchev–Trinajstić information content (AvgIpc) is 3.39. The topological polar surface area (TPSA) is 82.5 Å². The van der Waals surface area contributed by atoms with Crippen LogP contribution in [0.4, 0.5) is 16.3 Å². The monoisotopic (exact) mass is 564 g/mol. The van der Waals surface area contributed by atoms with Gasteiger partial charge in [-0.3, -0.25) is 15.0 Å². The van der Waals surface area contributed by atoms with E-state index >= 15 is 0 Å². The maximum atomic E-state index is 13.0. The second-order valence-corrected chi connectivity index (χ2v) is 12.1. The molecule has 2 heterocycles. The first kappa shape index (κ1) is 29.1. The molecule has 0 aliphatic carbocycles. The van der Waals surface area contributed by atoms with Gasteiger partial charge in [-0.1, -0.05) is 68.8 Å². The van der Waals surface area contributed by atoms with Crippen molar-refractivity contribution < 1.29 is 9.59 Å². The van der Waals surface area contributed by atoms with Crippen molar-refractivity contribution in [1.82, 2.24) is 19.6 Å². The summed E-state index contributed by atoms with van der Waals surface area (Å²) in [4.78, 5) is 30.2. The van der Waals surface area contributed by atoms with Gasteiger partial charge in [-0.2, -0.15) is 5.10 Å². The molecule has 8 heteroatoms. The van der Waals surface area contributed by atoms with Crippen LogP contribution in [0, 0.1) is 13.8 Å². The van der Waals surface area contributed by atoms with Crippen LogP contribution in [0.3, 0.4) is 0 Å². The number of hydrogen-bond acceptors (Lipinski definition) is 4. The number of carbonyl (C=O) groups is 2. The van der Waals surface area contributed by atoms with E-state index in [2.05, 4.69) is 36.3 Å². The molecule has 42 heavy (non-hydrogen) atoms. The van der Waals surface area contributed by atoms with E-state index in [1.807, 2.05) is 97.6 Å². The fraction of sp³-hybridized carbons (Fsp3) is 0.324. The number of piperazine rings is 1. The lowest BCUT2D eigenvalue weighted by Crippen LogP contribution is -2.48. The molecular weight excluding hydrogens is 524 g/mol. The Morgan fingerprint density at radius 3 is 2.14 bits per heavy atom. The van der Waals surface area contributed by atoms with Crippen LogP contribution in [-0.2, 0) is 12.0 Å². The predicted molar refractivity (Wildman–Crippen MR) is 168 cm³/mol. The largest absolute Gasteiger partial charge is 0.336 e. The molecule has 1 aliphatic heterocycles. The normalized spacial score (nSPS) is 14.1. The Labute approximate surface area is 248 Å². The molecule has 0 radical (unpaired) electrons. The lowest BCUT2D eigenvalue weighted by molar-refractivity contribution is 0.0627. The summed E-state index contributed by atoms with van der Waals surface area (Å²) < 4.78 is 1.77. The van der Waals surface area contributed by atoms with Gasteiger partial charge in [-0.25, -0.2) is 9.48 Å². The van der Waals surface area contributed by atoms with Crippen LogP contribution in [-0.4, -0.2) is 57.7 Å². The Morgan fingerprint density at radius 2 is 1.50 bits per heavy atom. The Hall–Kier alpha value is -4.43. The maximum absolute atomic E-state index is 13.0. The lowest BCUT2D eigenvalue weighted by atomic mass is 9.92. The van der Waals surface area contributed by atoms with Crippen molar-refractivity contribution in [2.24, 2.45) is 0 Å². The van der Waals surface area contributed by atoms with Crippen molar-refractivity contribution in [1.29, 1.82) is 0 Å². The lowest BCUT2D eigenvalue weighted by Gasteiger charge is -2.35. The molecule has 0 bridgehead atoms. The summed E-state index contributed by atoms with van der Waals surface area (Å²) in [5.41, 5.74) is 6.44. The highest BCUT2D eigenvalue weighted by molar-refractivity contribution is 5.99. The fourth-order valence-electron chi connectivity index (χ4n) is 5.04. The Bertz CT molecular complexity index is 1540. The predicted octanol–water partition coefficient (Wildman–Crippen LogP) is 6.39. The second kappa shape index (κ2) is 12.2. The highest BCUT2D eigenvalue weighted by Gasteiger charge is 2.24. The molecule has 0 atom stereocenters. The van der Waals surface area contributed by atoms with Crippen molar-refractivity contribution in [3.05, 3.63) is 107 Å². The third kappa shape index (κ3) is 6.89. The quantitative estimate of drug-likeness (QED) is 0.284. The Kier molecular flexibility index (Phi) is 8.45. The molecule has 3 aromatic carbocycles. The van der Waals surface area contributed by atoms with E-state index in [0.29, 0.717) is 24.6 Å². The van der Waals surface area contributed by atoms with Gasteiger partial charge in [-0.05, 0) is 55.3 Å². The van der Waals surface area contributed by atoms with Gasteiger partial charge in [0.2, 0.25) is 0 Å². The SMILES string of the molecule is Cc1ccc(-n2nc(C(C)(C)C)cc2NC(=O)Nc2ccc(CN3CCN(C(=O)c4ccccc4C)CC3)cc2)cc1. The first-order valence-electron chi connectivity index (χ1n) is 14.5. The number of anilines is 2. The highest BCUT2D eigenvalue weighted by Crippen LogP contribution is 2.27. The molecule has 1 fully saturated rings. The van der Waals surface area contributed by atoms with Gasteiger partial charge in [0.05, 0.1) is 11.4 Å². The van der Waals surface area contributed by atoms with Gasteiger partial charge in [0.25, 0.3) is 5.91 Å². The van der Waals surface area contributed by atoms with Gasteiger partial charge in [0.1, 0.15) is 5.82 Å². The zero-order valence-electron chi connectivity index (χ0n) is 25.1. The second-order valence-electron chi connectivity index (χ2n) is 12.1. The molecule has 4 aromatic rings. The molecule has 2 N–H and O–H groups in total. The molecule has 0 saturated carbocycles. The summed E-state index contributed by atoms with van der Waals surface area (Å²) in [6, 6.07) is 25.3. The minimum Gasteiger partial charge on any atom is -0.336 e. The smallest absolute Gasteiger partial charge is 0.324 e. The minimum atomic E-state index is -0.328. The summed E-state index contributed by atoms with van der Waals surface area (Å²) in [5, 5.41) is 10.7. The average molecular weight is 565 g/mol. The molecule has 8 nitrogen and oxygen atoms in total. The number of benzene rings is 3. The van der Waals surface area contributed by atoms with Gasteiger partial charge in [0, 0.05) is 55.5 Å². The number of rotatable bonds is 6. The molecular formula is C34H40N6O2. The standard InChI is InChI=1S/C34H40N6O2/c1-24-10-16-28(17-11-24)40-31(22-30(37-40)34(3,4)5)36-33(42)35-27-14-12-26(13-15-27)23-38-18-20-39(21-19-38)32(41)29-9-7-6-8-25(29)2/h6-17,22H,18-21,23H2,1-5H3,(H2,35,36,42). The number of aromatic nitrogens is 2. The number of nitrogens with zero attached hydrogens (tertiary/aromatic N) is 4. The van der Waals surface area contributed by atoms with Crippen LogP contribution >= 0.6 is 0 Å². The molecule has 0 spiro atoms. The van der Waals surface area contributed by atoms with E-state index in [4.69, 9.17) is 5.10 Å². The Balaban J connectivity index is 1.17. The number of aryl methyl sites for hydroxylation is 2. The molecule has 218 valence electrons. The van der Waals surface area contributed by atoms with Gasteiger partial charge >= 0.3 is 6.03 Å². The zero-order valence-corrected chi connectivity index (χ0v) is 25.1. The number of urea groups is 1. The summed E-state index contributed by atoms with van der Waals surface area (Å²) >= 11 is 0. The highest BCUT2D eigenvalue weighted by atomic mass is 16.2. The molecule has 0 unspecified atom stereocenters. The minimum absolute atomic E-state index is 0.109.